The Morgan fingerprint density at radius 1 is 1.33 bits per heavy atom. The minimum atomic E-state index is -2.95. The number of morpholine rings is 1. The lowest BCUT2D eigenvalue weighted by molar-refractivity contribution is -0.0504. The maximum Gasteiger partial charge on any atom is 0.387 e. The van der Waals surface area contributed by atoms with Crippen molar-refractivity contribution in [1.82, 2.24) is 4.90 Å². The molecule has 24 heavy (non-hydrogen) atoms. The predicted octanol–water partition coefficient (Wildman–Crippen LogP) is 4.33. The molecular weight excluding hydrogens is 404 g/mol. The average molecular weight is 418 g/mol. The Morgan fingerprint density at radius 2 is 2.08 bits per heavy atom. The van der Waals surface area contributed by atoms with Gasteiger partial charge in [-0.15, -0.1) is 11.3 Å². The van der Waals surface area contributed by atoms with Gasteiger partial charge in [0.15, 0.2) is 0 Å². The Bertz CT molecular complexity index is 708. The number of carbonyl (C=O) groups excluding carboxylic acids is 1. The van der Waals surface area contributed by atoms with Crippen molar-refractivity contribution < 1.29 is 23.0 Å². The molecule has 1 saturated heterocycles. The lowest BCUT2D eigenvalue weighted by Gasteiger charge is -2.33. The Hall–Kier alpha value is -1.51. The second-order valence-electron chi connectivity index (χ2n) is 5.15. The number of amides is 1. The molecule has 4 nitrogen and oxygen atoms in total. The first kappa shape index (κ1) is 17.3. The van der Waals surface area contributed by atoms with Crippen LogP contribution in [0.4, 0.5) is 8.78 Å². The number of nitrogens with zero attached hydrogens (tertiary/aromatic N) is 1. The number of hydrogen-bond acceptors (Lipinski definition) is 4. The van der Waals surface area contributed by atoms with Crippen LogP contribution in [0.25, 0.3) is 0 Å². The largest absolute Gasteiger partial charge is 0.433 e. The van der Waals surface area contributed by atoms with Gasteiger partial charge in [-0.3, -0.25) is 4.79 Å². The quantitative estimate of drug-likeness (QED) is 0.742. The maximum atomic E-state index is 12.6. The molecule has 2 heterocycles. The minimum absolute atomic E-state index is 0.0771. The van der Waals surface area contributed by atoms with E-state index in [0.29, 0.717) is 19.7 Å². The Balaban J connectivity index is 1.73. The number of ether oxygens (including phenoxy) is 2. The molecule has 0 spiro atoms. The molecule has 1 fully saturated rings. The molecule has 0 N–H and O–H groups in total. The smallest absolute Gasteiger partial charge is 0.387 e. The van der Waals surface area contributed by atoms with E-state index >= 15 is 0 Å². The fourth-order valence-electron chi connectivity index (χ4n) is 2.50. The van der Waals surface area contributed by atoms with Crippen LogP contribution in [-0.2, 0) is 4.74 Å². The molecule has 8 heteroatoms. The van der Waals surface area contributed by atoms with Gasteiger partial charge in [-0.1, -0.05) is 28.1 Å². The van der Waals surface area contributed by atoms with Crippen LogP contribution in [0.5, 0.6) is 5.75 Å². The second kappa shape index (κ2) is 7.58. The molecule has 128 valence electrons. The van der Waals surface area contributed by atoms with Gasteiger partial charge in [0.2, 0.25) is 0 Å². The highest BCUT2D eigenvalue weighted by Crippen LogP contribution is 2.30. The molecule has 0 bridgehead atoms. The molecule has 1 aliphatic rings. The van der Waals surface area contributed by atoms with E-state index in [1.165, 1.54) is 6.07 Å². The van der Waals surface area contributed by atoms with Gasteiger partial charge in [0.05, 0.1) is 13.2 Å². The number of halogens is 3. The topological polar surface area (TPSA) is 38.8 Å². The zero-order chi connectivity index (χ0) is 17.1. The van der Waals surface area contributed by atoms with Crippen molar-refractivity contribution >= 4 is 33.2 Å². The molecule has 1 aliphatic heterocycles. The molecule has 1 unspecified atom stereocenters. The molecular formula is C16H14BrF2NO3S. The van der Waals surface area contributed by atoms with E-state index in [2.05, 4.69) is 20.7 Å². The summed E-state index contributed by atoms with van der Waals surface area (Å²) in [6, 6.07) is 9.07. The summed E-state index contributed by atoms with van der Waals surface area (Å²) in [6.07, 6.45) is -0.241. The second-order valence-corrected chi connectivity index (χ2v) is 6.99. The van der Waals surface area contributed by atoms with Crippen LogP contribution in [-0.4, -0.2) is 37.1 Å². The van der Waals surface area contributed by atoms with Crippen molar-refractivity contribution in [1.29, 1.82) is 0 Å². The van der Waals surface area contributed by atoms with Crippen LogP contribution in [0.2, 0.25) is 0 Å². The van der Waals surface area contributed by atoms with Gasteiger partial charge in [0.1, 0.15) is 16.7 Å². The van der Waals surface area contributed by atoms with Gasteiger partial charge < -0.3 is 14.4 Å². The molecule has 2 aromatic rings. The van der Waals surface area contributed by atoms with Gasteiger partial charge in [-0.25, -0.2) is 0 Å². The Kier molecular flexibility index (Phi) is 5.47. The van der Waals surface area contributed by atoms with Crippen molar-refractivity contribution in [2.75, 3.05) is 19.7 Å². The molecule has 1 aromatic heterocycles. The summed E-state index contributed by atoms with van der Waals surface area (Å²) in [5.74, 6) is -0.391. The van der Waals surface area contributed by atoms with E-state index in [4.69, 9.17) is 4.74 Å². The zero-order valence-corrected chi connectivity index (χ0v) is 14.9. The summed E-state index contributed by atoms with van der Waals surface area (Å²) in [5, 5.41) is 1.57. The van der Waals surface area contributed by atoms with E-state index in [9.17, 15) is 13.6 Å². The average Bonchev–Trinajstić information content (AvgIpc) is 3.02. The highest BCUT2D eigenvalue weighted by Gasteiger charge is 2.29. The van der Waals surface area contributed by atoms with E-state index in [-0.39, 0.29) is 22.6 Å². The van der Waals surface area contributed by atoms with Crippen molar-refractivity contribution in [2.24, 2.45) is 0 Å². The predicted molar refractivity (Wildman–Crippen MR) is 89.7 cm³/mol. The van der Waals surface area contributed by atoms with Crippen molar-refractivity contribution in [3.63, 3.8) is 0 Å². The SMILES string of the molecule is O=C(c1sccc1OC(F)F)N1CCOC(c2ccc(Br)cc2)C1. The van der Waals surface area contributed by atoms with Crippen molar-refractivity contribution in [2.45, 2.75) is 12.7 Å². The van der Waals surface area contributed by atoms with Gasteiger partial charge in [0, 0.05) is 11.0 Å². The third-order valence-electron chi connectivity index (χ3n) is 3.63. The Morgan fingerprint density at radius 3 is 2.79 bits per heavy atom. The first-order valence-electron chi connectivity index (χ1n) is 7.23. The highest BCUT2D eigenvalue weighted by molar-refractivity contribution is 9.10. The first-order chi connectivity index (χ1) is 11.5. The van der Waals surface area contributed by atoms with E-state index in [1.54, 1.807) is 10.3 Å². The molecule has 1 aromatic carbocycles. The summed E-state index contributed by atoms with van der Waals surface area (Å²) < 4.78 is 36.0. The lowest BCUT2D eigenvalue weighted by Crippen LogP contribution is -2.42. The minimum Gasteiger partial charge on any atom is -0.433 e. The summed E-state index contributed by atoms with van der Waals surface area (Å²) in [6.45, 7) is -1.78. The molecule has 0 radical (unpaired) electrons. The van der Waals surface area contributed by atoms with E-state index < -0.39 is 6.61 Å². The zero-order valence-electron chi connectivity index (χ0n) is 12.5. The molecule has 3 rings (SSSR count). The number of benzene rings is 1. The normalized spacial score (nSPS) is 18.0. The third kappa shape index (κ3) is 3.93. The van der Waals surface area contributed by atoms with Crippen LogP contribution < -0.4 is 4.74 Å². The number of carbonyl (C=O) groups is 1. The van der Waals surface area contributed by atoms with Gasteiger partial charge in [0.25, 0.3) is 5.91 Å². The first-order valence-corrected chi connectivity index (χ1v) is 8.90. The Labute approximate surface area is 150 Å². The fraction of sp³-hybridized carbons (Fsp3) is 0.312. The van der Waals surface area contributed by atoms with Crippen LogP contribution in [0, 0.1) is 0 Å². The number of hydrogen-bond donors (Lipinski definition) is 0. The maximum absolute atomic E-state index is 12.6. The van der Waals surface area contributed by atoms with Crippen LogP contribution in [0.15, 0.2) is 40.2 Å². The fourth-order valence-corrected chi connectivity index (χ4v) is 3.55. The van der Waals surface area contributed by atoms with Gasteiger partial charge >= 0.3 is 6.61 Å². The van der Waals surface area contributed by atoms with Gasteiger partial charge in [-0.05, 0) is 29.1 Å². The number of alkyl halides is 2. The summed E-state index contributed by atoms with van der Waals surface area (Å²) in [7, 11) is 0. The lowest BCUT2D eigenvalue weighted by atomic mass is 10.1. The van der Waals surface area contributed by atoms with Gasteiger partial charge in [-0.2, -0.15) is 8.78 Å². The van der Waals surface area contributed by atoms with Crippen molar-refractivity contribution in [3.8, 4) is 5.75 Å². The van der Waals surface area contributed by atoms with Crippen LogP contribution >= 0.6 is 27.3 Å². The highest BCUT2D eigenvalue weighted by atomic mass is 79.9. The van der Waals surface area contributed by atoms with E-state index in [0.717, 1.165) is 21.4 Å². The summed E-state index contributed by atoms with van der Waals surface area (Å²) >= 11 is 4.47. The van der Waals surface area contributed by atoms with Crippen LogP contribution in [0.1, 0.15) is 21.3 Å². The van der Waals surface area contributed by atoms with Crippen LogP contribution in [0.3, 0.4) is 0 Å². The van der Waals surface area contributed by atoms with E-state index in [1.807, 2.05) is 24.3 Å². The molecule has 0 aliphatic carbocycles. The summed E-state index contributed by atoms with van der Waals surface area (Å²) in [4.78, 5) is 14.4. The standard InChI is InChI=1S/C16H14BrF2NO3S/c17-11-3-1-10(2-4-11)13-9-20(6-7-22-13)15(21)14-12(5-8-24-14)23-16(18)19/h1-5,8,13,16H,6-7,9H2. The molecule has 1 atom stereocenters. The third-order valence-corrected chi connectivity index (χ3v) is 5.05. The van der Waals surface area contributed by atoms with Crippen molar-refractivity contribution in [3.05, 3.63) is 50.6 Å². The molecule has 1 amide bonds. The monoisotopic (exact) mass is 417 g/mol. The summed E-state index contributed by atoms with van der Waals surface area (Å²) in [5.41, 5.74) is 0.964. The molecule has 0 saturated carbocycles. The number of rotatable bonds is 4. The number of thiophene rings is 1.